The van der Waals surface area contributed by atoms with Crippen LogP contribution in [-0.2, 0) is 0 Å². The second-order valence-corrected chi connectivity index (χ2v) is 2.12. The molecule has 0 radical (unpaired) electrons. The van der Waals surface area contributed by atoms with Gasteiger partial charge < -0.3 is 5.64 Å². The Labute approximate surface area is 46.5 Å². The molecule has 0 aliphatic rings. The van der Waals surface area contributed by atoms with Crippen molar-refractivity contribution in [2.24, 2.45) is 5.64 Å². The van der Waals surface area contributed by atoms with E-state index in [0.29, 0.717) is 0 Å². The summed E-state index contributed by atoms with van der Waals surface area (Å²) in [4.78, 5) is 0. The molecule has 0 saturated heterocycles. The van der Waals surface area contributed by atoms with Crippen molar-refractivity contribution in [2.75, 3.05) is 0 Å². The highest BCUT2D eigenvalue weighted by atomic mass is 14.3. The van der Waals surface area contributed by atoms with E-state index in [2.05, 4.69) is 6.92 Å². The first kappa shape index (κ1) is 7.02. The molecule has 7 heavy (non-hydrogen) atoms. The second kappa shape index (κ2) is 6.02. The highest BCUT2D eigenvalue weighted by Gasteiger charge is 1.76. The molecule has 0 unspecified atom stereocenters. The van der Waals surface area contributed by atoms with Crippen molar-refractivity contribution in [1.82, 2.24) is 0 Å². The van der Waals surface area contributed by atoms with Gasteiger partial charge in [0.15, 0.2) is 0 Å². The topological polar surface area (TPSA) is 26.0 Å². The van der Waals surface area contributed by atoms with Crippen molar-refractivity contribution >= 4 is 7.41 Å². The molecule has 0 bridgehead atoms. The Hall–Kier alpha value is 0.0249. The molecule has 0 fully saturated rings. The van der Waals surface area contributed by atoms with Gasteiger partial charge in [0.05, 0.1) is 0 Å². The van der Waals surface area contributed by atoms with Crippen LogP contribution in [-0.4, -0.2) is 7.41 Å². The Balaban J connectivity index is 2.45. The smallest absolute Gasteiger partial charge is 0.0246 e. The fourth-order valence-corrected chi connectivity index (χ4v) is 0.704. The minimum absolute atomic E-state index is 0.00958. The van der Waals surface area contributed by atoms with E-state index in [0.717, 1.165) is 0 Å². The van der Waals surface area contributed by atoms with Gasteiger partial charge in [0.2, 0.25) is 0 Å². The first-order chi connectivity index (χ1) is 3.41. The van der Waals surface area contributed by atoms with Crippen molar-refractivity contribution in [3.63, 3.8) is 0 Å². The highest BCUT2D eigenvalue weighted by Crippen LogP contribution is 1.95. The zero-order chi connectivity index (χ0) is 5.54. The number of unbranched alkanes of at least 4 members (excludes halogenated alkanes) is 2. The van der Waals surface area contributed by atoms with E-state index in [1.165, 1.54) is 25.6 Å². The van der Waals surface area contributed by atoms with Gasteiger partial charge in [-0.25, -0.2) is 0 Å². The Morgan fingerprint density at radius 2 is 2.14 bits per heavy atom. The van der Waals surface area contributed by atoms with Crippen LogP contribution in [0.3, 0.4) is 0 Å². The third-order valence-corrected chi connectivity index (χ3v) is 1.25. The van der Waals surface area contributed by atoms with Crippen LogP contribution in [0.15, 0.2) is 0 Å². The minimum atomic E-state index is -0.00958. The normalized spacial score (nSPS) is 9.43. The Morgan fingerprint density at radius 1 is 1.43 bits per heavy atom. The summed E-state index contributed by atoms with van der Waals surface area (Å²) in [5.74, 6) is 0. The third kappa shape index (κ3) is 6.02. The van der Waals surface area contributed by atoms with E-state index < -0.39 is 0 Å². The molecule has 0 saturated carbocycles. The van der Waals surface area contributed by atoms with E-state index in [-0.39, 0.29) is 7.41 Å². The molecule has 2 heteroatoms. The van der Waals surface area contributed by atoms with E-state index in [1.54, 1.807) is 0 Å². The molecular weight excluding hydrogens is 84.9 g/mol. The average Bonchev–Trinajstić information content (AvgIpc) is 1.69. The highest BCUT2D eigenvalue weighted by molar-refractivity contribution is 6.30. The molecule has 0 aromatic rings. The molecule has 0 rings (SSSR count). The lowest BCUT2D eigenvalue weighted by molar-refractivity contribution is 0.768. The van der Waals surface area contributed by atoms with Crippen LogP contribution in [0.25, 0.3) is 0 Å². The van der Waals surface area contributed by atoms with Crippen LogP contribution < -0.4 is 5.64 Å². The molecule has 1 nitrogen and oxygen atoms in total. The molecule has 0 aliphatic heterocycles. The van der Waals surface area contributed by atoms with Gasteiger partial charge in [-0.1, -0.05) is 26.2 Å². The van der Waals surface area contributed by atoms with Crippen LogP contribution in [0.4, 0.5) is 0 Å². The Morgan fingerprint density at radius 3 is 2.57 bits per heavy atom. The van der Waals surface area contributed by atoms with E-state index >= 15 is 0 Å². The van der Waals surface area contributed by atoms with Crippen molar-refractivity contribution < 1.29 is 0 Å². The van der Waals surface area contributed by atoms with Crippen molar-refractivity contribution in [1.29, 1.82) is 0 Å². The molecule has 0 spiro atoms. The van der Waals surface area contributed by atoms with Crippen molar-refractivity contribution in [3.05, 3.63) is 0 Å². The van der Waals surface area contributed by atoms with E-state index in [9.17, 15) is 0 Å². The molecule has 0 aromatic carbocycles. The van der Waals surface area contributed by atoms with Crippen molar-refractivity contribution in [2.45, 2.75) is 32.5 Å². The maximum atomic E-state index is 5.39. The molecular formula is C5H15BN-. The summed E-state index contributed by atoms with van der Waals surface area (Å²) in [5.41, 5.74) is 5.39. The van der Waals surface area contributed by atoms with Crippen LogP contribution in [0.5, 0.6) is 0 Å². The van der Waals surface area contributed by atoms with Gasteiger partial charge in [0.1, 0.15) is 0 Å². The Bertz CT molecular complexity index is 27.3. The lowest BCUT2D eigenvalue weighted by Gasteiger charge is -1.95. The molecule has 0 atom stereocenters. The lowest BCUT2D eigenvalue weighted by atomic mass is 9.88. The zero-order valence-corrected chi connectivity index (χ0v) is 5.41. The maximum absolute atomic E-state index is 5.39. The SMILES string of the molecule is CCCCC[BH2-]N. The maximum Gasteiger partial charge on any atom is 0.0246 e. The van der Waals surface area contributed by atoms with Crippen LogP contribution in [0, 0.1) is 0 Å². The quantitative estimate of drug-likeness (QED) is 0.407. The molecule has 0 heterocycles. The van der Waals surface area contributed by atoms with E-state index in [1.807, 2.05) is 0 Å². The number of nitrogens with two attached hydrogens (primary N) is 1. The monoisotopic (exact) mass is 100 g/mol. The molecule has 0 aliphatic carbocycles. The van der Waals surface area contributed by atoms with Gasteiger partial charge >= 0.3 is 0 Å². The summed E-state index contributed by atoms with van der Waals surface area (Å²) in [6.45, 7) is 2.22. The molecule has 2 N–H and O–H groups in total. The minimum Gasteiger partial charge on any atom is -0.507 e. The molecule has 0 amide bonds. The summed E-state index contributed by atoms with van der Waals surface area (Å²) in [6, 6.07) is 0. The molecule has 0 aromatic heterocycles. The predicted molar refractivity (Wildman–Crippen MR) is 37.1 cm³/mol. The van der Waals surface area contributed by atoms with Gasteiger partial charge in [0.25, 0.3) is 0 Å². The molecule has 44 valence electrons. The fraction of sp³-hybridized carbons (Fsp3) is 1.00. The average molecular weight is 100.0 g/mol. The van der Waals surface area contributed by atoms with Crippen LogP contribution in [0.1, 0.15) is 26.2 Å². The second-order valence-electron chi connectivity index (χ2n) is 2.12. The summed E-state index contributed by atoms with van der Waals surface area (Å²) in [7, 11) is -0.00958. The Kier molecular flexibility index (Phi) is 6.05. The van der Waals surface area contributed by atoms with Crippen LogP contribution >= 0.6 is 0 Å². The number of rotatable bonds is 4. The number of hydrogen-bond donors (Lipinski definition) is 1. The zero-order valence-electron chi connectivity index (χ0n) is 5.41. The largest absolute Gasteiger partial charge is 0.507 e. The van der Waals surface area contributed by atoms with Gasteiger partial charge in [-0.3, -0.25) is 0 Å². The summed E-state index contributed by atoms with van der Waals surface area (Å²) >= 11 is 0. The third-order valence-electron chi connectivity index (χ3n) is 1.25. The first-order valence-corrected chi connectivity index (χ1v) is 3.49. The summed E-state index contributed by atoms with van der Waals surface area (Å²) < 4.78 is 0. The van der Waals surface area contributed by atoms with Gasteiger partial charge in [-0.2, -0.15) is 6.32 Å². The van der Waals surface area contributed by atoms with Crippen LogP contribution in [0.2, 0.25) is 6.32 Å². The number of hydrogen-bond acceptors (Lipinski definition) is 1. The predicted octanol–water partition coefficient (Wildman–Crippen LogP) is 0.637. The fourth-order valence-electron chi connectivity index (χ4n) is 0.704. The first-order valence-electron chi connectivity index (χ1n) is 3.49. The summed E-state index contributed by atoms with van der Waals surface area (Å²) in [5, 5.41) is 0. The van der Waals surface area contributed by atoms with E-state index in [4.69, 9.17) is 5.64 Å². The van der Waals surface area contributed by atoms with Gasteiger partial charge in [-0.15, -0.1) is 0 Å². The van der Waals surface area contributed by atoms with Crippen molar-refractivity contribution in [3.8, 4) is 0 Å². The lowest BCUT2D eigenvalue weighted by Crippen LogP contribution is -2.02. The van der Waals surface area contributed by atoms with Gasteiger partial charge in [0, 0.05) is 7.41 Å². The van der Waals surface area contributed by atoms with Gasteiger partial charge in [-0.05, 0) is 0 Å². The standard InChI is InChI=1S/C5H15BN/c1-2-3-4-5-6-7/h2-7H2,1H3/q-1. The summed E-state index contributed by atoms with van der Waals surface area (Å²) in [6.07, 6.45) is 5.40.